The van der Waals surface area contributed by atoms with E-state index < -0.39 is 0 Å². The van der Waals surface area contributed by atoms with E-state index in [0.717, 1.165) is 11.1 Å². The zero-order valence-corrected chi connectivity index (χ0v) is 14.8. The third kappa shape index (κ3) is 3.85. The van der Waals surface area contributed by atoms with Gasteiger partial charge in [0, 0.05) is 10.6 Å². The predicted molar refractivity (Wildman–Crippen MR) is 93.4 cm³/mol. The highest BCUT2D eigenvalue weighted by molar-refractivity contribution is 6.31. The molecule has 0 unspecified atom stereocenters. The van der Waals surface area contributed by atoms with Crippen LogP contribution in [0.2, 0.25) is 5.02 Å². The van der Waals surface area contributed by atoms with Crippen molar-refractivity contribution in [3.63, 3.8) is 0 Å². The van der Waals surface area contributed by atoms with E-state index in [1.54, 1.807) is 38.5 Å². The molecule has 0 amide bonds. The number of hydrogen-bond donors (Lipinski definition) is 0. The minimum atomic E-state index is 0.192. The van der Waals surface area contributed by atoms with Crippen molar-refractivity contribution in [2.75, 3.05) is 14.2 Å². The van der Waals surface area contributed by atoms with Crippen molar-refractivity contribution in [3.05, 3.63) is 52.8 Å². The summed E-state index contributed by atoms with van der Waals surface area (Å²) >= 11 is 6.00. The van der Waals surface area contributed by atoms with Crippen molar-refractivity contribution in [2.45, 2.75) is 13.5 Å². The summed E-state index contributed by atoms with van der Waals surface area (Å²) in [5.74, 6) is 2.74. The van der Waals surface area contributed by atoms with Crippen molar-refractivity contribution in [2.24, 2.45) is 0 Å². The number of nitrogens with zero attached hydrogens (tertiary/aromatic N) is 2. The summed E-state index contributed by atoms with van der Waals surface area (Å²) in [6, 6.07) is 10.8. The Morgan fingerprint density at radius 1 is 1.04 bits per heavy atom. The highest BCUT2D eigenvalue weighted by atomic mass is 35.5. The van der Waals surface area contributed by atoms with Gasteiger partial charge in [0.1, 0.15) is 5.75 Å². The molecule has 0 aliphatic heterocycles. The van der Waals surface area contributed by atoms with E-state index in [2.05, 4.69) is 10.1 Å². The Kier molecular flexibility index (Phi) is 5.09. The van der Waals surface area contributed by atoms with Crippen LogP contribution < -0.4 is 14.2 Å². The molecule has 0 aliphatic rings. The zero-order valence-electron chi connectivity index (χ0n) is 14.1. The molecule has 130 valence electrons. The van der Waals surface area contributed by atoms with Crippen LogP contribution in [0.15, 0.2) is 40.9 Å². The Morgan fingerprint density at radius 2 is 1.84 bits per heavy atom. The molecule has 3 aromatic rings. The molecule has 0 fully saturated rings. The van der Waals surface area contributed by atoms with E-state index in [9.17, 15) is 0 Å². The molecule has 0 radical (unpaired) electrons. The van der Waals surface area contributed by atoms with Gasteiger partial charge < -0.3 is 18.7 Å². The minimum absolute atomic E-state index is 0.192. The molecule has 0 spiro atoms. The second-order valence-electron chi connectivity index (χ2n) is 5.29. The Balaban J connectivity index is 1.73. The van der Waals surface area contributed by atoms with Crippen LogP contribution in [0.5, 0.6) is 17.2 Å². The zero-order chi connectivity index (χ0) is 17.8. The average molecular weight is 361 g/mol. The molecule has 0 bridgehead atoms. The molecule has 2 aromatic carbocycles. The number of benzene rings is 2. The van der Waals surface area contributed by atoms with E-state index in [1.807, 2.05) is 19.1 Å². The fourth-order valence-electron chi connectivity index (χ4n) is 2.25. The van der Waals surface area contributed by atoms with Gasteiger partial charge in [0.2, 0.25) is 5.82 Å². The van der Waals surface area contributed by atoms with Crippen LogP contribution in [0.3, 0.4) is 0 Å². The van der Waals surface area contributed by atoms with Crippen LogP contribution in [-0.4, -0.2) is 24.4 Å². The lowest BCUT2D eigenvalue weighted by Crippen LogP contribution is -1.98. The highest BCUT2D eigenvalue weighted by Gasteiger charge is 2.13. The smallest absolute Gasteiger partial charge is 0.258 e. The Bertz CT molecular complexity index is 879. The molecule has 0 saturated carbocycles. The largest absolute Gasteiger partial charge is 0.493 e. The number of methoxy groups -OCH3 is 2. The normalized spacial score (nSPS) is 10.6. The molecular weight excluding hydrogens is 344 g/mol. The van der Waals surface area contributed by atoms with Crippen molar-refractivity contribution in [1.82, 2.24) is 10.1 Å². The predicted octanol–water partition coefficient (Wildman–Crippen LogP) is 4.29. The Morgan fingerprint density at radius 3 is 2.56 bits per heavy atom. The van der Waals surface area contributed by atoms with E-state index in [0.29, 0.717) is 34.0 Å². The van der Waals surface area contributed by atoms with Crippen LogP contribution in [0, 0.1) is 6.92 Å². The molecule has 3 rings (SSSR count). The van der Waals surface area contributed by atoms with E-state index >= 15 is 0 Å². The van der Waals surface area contributed by atoms with Crippen LogP contribution >= 0.6 is 11.6 Å². The third-order valence-electron chi connectivity index (χ3n) is 3.60. The molecular formula is C18H17ClN2O4. The summed E-state index contributed by atoms with van der Waals surface area (Å²) in [4.78, 5) is 4.34. The van der Waals surface area contributed by atoms with Gasteiger partial charge in [-0.2, -0.15) is 4.98 Å². The molecule has 0 saturated heterocycles. The fraction of sp³-hybridized carbons (Fsp3) is 0.222. The topological polar surface area (TPSA) is 66.6 Å². The first-order valence-corrected chi connectivity index (χ1v) is 7.92. The lowest BCUT2D eigenvalue weighted by Gasteiger charge is -2.07. The third-order valence-corrected chi connectivity index (χ3v) is 4.02. The molecule has 0 aliphatic carbocycles. The Labute approximate surface area is 150 Å². The van der Waals surface area contributed by atoms with Gasteiger partial charge in [-0.3, -0.25) is 0 Å². The number of aromatic nitrogens is 2. The maximum atomic E-state index is 6.00. The summed E-state index contributed by atoms with van der Waals surface area (Å²) in [6.07, 6.45) is 0. The molecule has 0 N–H and O–H groups in total. The fourth-order valence-corrected chi connectivity index (χ4v) is 2.37. The number of rotatable bonds is 6. The number of ether oxygens (including phenoxy) is 3. The van der Waals surface area contributed by atoms with Crippen LogP contribution in [-0.2, 0) is 6.61 Å². The quantitative estimate of drug-likeness (QED) is 0.653. The molecule has 25 heavy (non-hydrogen) atoms. The van der Waals surface area contributed by atoms with Gasteiger partial charge in [-0.1, -0.05) is 16.8 Å². The van der Waals surface area contributed by atoms with Gasteiger partial charge in [0.05, 0.1) is 14.2 Å². The molecule has 6 nitrogen and oxygen atoms in total. The van der Waals surface area contributed by atoms with Gasteiger partial charge in [-0.25, -0.2) is 0 Å². The first kappa shape index (κ1) is 17.1. The second kappa shape index (κ2) is 7.44. The first-order valence-electron chi connectivity index (χ1n) is 7.54. The summed E-state index contributed by atoms with van der Waals surface area (Å²) < 4.78 is 21.5. The van der Waals surface area contributed by atoms with Crippen molar-refractivity contribution >= 4 is 11.6 Å². The van der Waals surface area contributed by atoms with Crippen molar-refractivity contribution < 1.29 is 18.7 Å². The summed E-state index contributed by atoms with van der Waals surface area (Å²) in [6.45, 7) is 2.11. The van der Waals surface area contributed by atoms with Crippen LogP contribution in [0.4, 0.5) is 0 Å². The maximum Gasteiger partial charge on any atom is 0.258 e. The lowest BCUT2D eigenvalue weighted by molar-refractivity contribution is 0.287. The number of aryl methyl sites for hydroxylation is 1. The first-order chi connectivity index (χ1) is 12.1. The van der Waals surface area contributed by atoms with Gasteiger partial charge in [-0.05, 0) is 48.9 Å². The van der Waals surface area contributed by atoms with Gasteiger partial charge in [-0.15, -0.1) is 0 Å². The van der Waals surface area contributed by atoms with Gasteiger partial charge in [0.25, 0.3) is 5.89 Å². The summed E-state index contributed by atoms with van der Waals surface area (Å²) in [7, 11) is 3.15. The maximum absolute atomic E-state index is 6.00. The SMILES string of the molecule is COc1ccc(-c2nc(COc3ccc(Cl)c(C)c3)no2)cc1OC. The van der Waals surface area contributed by atoms with Crippen LogP contribution in [0.1, 0.15) is 11.4 Å². The number of hydrogen-bond acceptors (Lipinski definition) is 6. The van der Waals surface area contributed by atoms with E-state index in [-0.39, 0.29) is 6.61 Å². The molecule has 1 aromatic heterocycles. The minimum Gasteiger partial charge on any atom is -0.493 e. The van der Waals surface area contributed by atoms with E-state index in [4.69, 9.17) is 30.3 Å². The second-order valence-corrected chi connectivity index (χ2v) is 5.69. The summed E-state index contributed by atoms with van der Waals surface area (Å²) in [5.41, 5.74) is 1.68. The highest BCUT2D eigenvalue weighted by Crippen LogP contribution is 2.31. The molecule has 7 heteroatoms. The van der Waals surface area contributed by atoms with Gasteiger partial charge in [0.15, 0.2) is 18.1 Å². The molecule has 0 atom stereocenters. The monoisotopic (exact) mass is 360 g/mol. The summed E-state index contributed by atoms with van der Waals surface area (Å²) in [5, 5.41) is 4.63. The standard InChI is InChI=1S/C18H17ClN2O4/c1-11-8-13(5-6-14(11)19)24-10-17-20-18(25-21-17)12-4-7-15(22-2)16(9-12)23-3/h4-9H,10H2,1-3H3. The Hall–Kier alpha value is -2.73. The molecule has 1 heterocycles. The van der Waals surface area contributed by atoms with Gasteiger partial charge >= 0.3 is 0 Å². The van der Waals surface area contributed by atoms with E-state index in [1.165, 1.54) is 0 Å². The number of halogens is 1. The van der Waals surface area contributed by atoms with Crippen LogP contribution in [0.25, 0.3) is 11.5 Å². The average Bonchev–Trinajstić information content (AvgIpc) is 3.11. The van der Waals surface area contributed by atoms with Crippen molar-refractivity contribution in [1.29, 1.82) is 0 Å². The lowest BCUT2D eigenvalue weighted by atomic mass is 10.2. The van der Waals surface area contributed by atoms with Crippen molar-refractivity contribution in [3.8, 4) is 28.7 Å².